The van der Waals surface area contributed by atoms with E-state index in [9.17, 15) is 9.18 Å². The zero-order valence-electron chi connectivity index (χ0n) is 9.85. The average Bonchev–Trinajstić information content (AvgIpc) is 2.75. The number of thiazole rings is 1. The van der Waals surface area contributed by atoms with Crippen LogP contribution in [-0.4, -0.2) is 17.9 Å². The molecule has 2 rings (SSSR count). The fraction of sp³-hybridized carbons (Fsp3) is 0.231. The van der Waals surface area contributed by atoms with Crippen molar-refractivity contribution in [2.75, 3.05) is 6.61 Å². The highest BCUT2D eigenvalue weighted by Gasteiger charge is 2.09. The molecule has 0 N–H and O–H groups in total. The predicted octanol–water partition coefficient (Wildman–Crippen LogP) is 3.02. The van der Waals surface area contributed by atoms with Crippen LogP contribution in [0.5, 0.6) is 5.75 Å². The lowest BCUT2D eigenvalue weighted by molar-refractivity contribution is 0.111. The van der Waals surface area contributed by atoms with Crippen molar-refractivity contribution in [1.29, 1.82) is 0 Å². The quantitative estimate of drug-likeness (QED) is 0.780. The number of aromatic nitrogens is 1. The van der Waals surface area contributed by atoms with Crippen molar-refractivity contribution >= 4 is 17.6 Å². The number of ether oxygens (including phenoxy) is 1. The molecule has 1 aromatic carbocycles. The molecule has 0 aliphatic carbocycles. The van der Waals surface area contributed by atoms with E-state index in [4.69, 9.17) is 4.74 Å². The Morgan fingerprint density at radius 2 is 2.33 bits per heavy atom. The molecule has 0 fully saturated rings. The topological polar surface area (TPSA) is 39.2 Å². The molecule has 0 spiro atoms. The van der Waals surface area contributed by atoms with Crippen LogP contribution in [0.3, 0.4) is 0 Å². The molecule has 3 nitrogen and oxygen atoms in total. The molecule has 0 bridgehead atoms. The van der Waals surface area contributed by atoms with Gasteiger partial charge in [0, 0.05) is 11.3 Å². The minimum absolute atomic E-state index is 0.0291. The number of carbonyl (C=O) groups is 1. The van der Waals surface area contributed by atoms with E-state index in [-0.39, 0.29) is 11.3 Å². The number of hydrogen-bond acceptors (Lipinski definition) is 4. The maximum atomic E-state index is 13.3. The molecule has 0 atom stereocenters. The Balaban J connectivity index is 2.01. The minimum atomic E-state index is -0.559. The summed E-state index contributed by atoms with van der Waals surface area (Å²) in [5.74, 6) is -0.274. The van der Waals surface area contributed by atoms with Gasteiger partial charge in [-0.15, -0.1) is 11.3 Å². The molecule has 0 aliphatic rings. The summed E-state index contributed by atoms with van der Waals surface area (Å²) in [5, 5.41) is 0. The van der Waals surface area contributed by atoms with Gasteiger partial charge in [0.05, 0.1) is 23.4 Å². The summed E-state index contributed by atoms with van der Waals surface area (Å²) < 4.78 is 18.7. The Kier molecular flexibility index (Phi) is 4.04. The van der Waals surface area contributed by atoms with Crippen LogP contribution in [0.15, 0.2) is 23.7 Å². The lowest BCUT2D eigenvalue weighted by Crippen LogP contribution is -2.04. The van der Waals surface area contributed by atoms with Crippen molar-refractivity contribution in [1.82, 2.24) is 4.98 Å². The summed E-state index contributed by atoms with van der Waals surface area (Å²) in [4.78, 5) is 16.0. The molecule has 5 heteroatoms. The second-order valence-corrected chi connectivity index (χ2v) is 4.67. The van der Waals surface area contributed by atoms with Crippen LogP contribution in [0, 0.1) is 12.7 Å². The number of halogens is 1. The number of benzene rings is 1. The lowest BCUT2D eigenvalue weighted by atomic mass is 10.2. The maximum Gasteiger partial charge on any atom is 0.156 e. The van der Waals surface area contributed by atoms with Gasteiger partial charge in [-0.1, -0.05) is 6.07 Å². The van der Waals surface area contributed by atoms with Crippen LogP contribution >= 0.6 is 11.3 Å². The number of nitrogens with zero attached hydrogens (tertiary/aromatic N) is 1. The highest BCUT2D eigenvalue weighted by Crippen LogP contribution is 2.20. The smallest absolute Gasteiger partial charge is 0.156 e. The van der Waals surface area contributed by atoms with E-state index in [0.717, 1.165) is 10.6 Å². The van der Waals surface area contributed by atoms with E-state index in [1.54, 1.807) is 22.9 Å². The summed E-state index contributed by atoms with van der Waals surface area (Å²) in [5.41, 5.74) is 2.74. The first-order valence-electron chi connectivity index (χ1n) is 5.48. The predicted molar refractivity (Wildman–Crippen MR) is 67.8 cm³/mol. The molecule has 1 aromatic heterocycles. The van der Waals surface area contributed by atoms with Gasteiger partial charge in [-0.2, -0.15) is 0 Å². The van der Waals surface area contributed by atoms with Gasteiger partial charge in [-0.3, -0.25) is 4.79 Å². The third kappa shape index (κ3) is 2.73. The fourth-order valence-corrected chi connectivity index (χ4v) is 2.34. The van der Waals surface area contributed by atoms with Gasteiger partial charge in [0.15, 0.2) is 6.29 Å². The Bertz CT molecular complexity index is 554. The van der Waals surface area contributed by atoms with Crippen LogP contribution in [0.2, 0.25) is 0 Å². The third-order valence-electron chi connectivity index (χ3n) is 2.56. The van der Waals surface area contributed by atoms with Crippen LogP contribution < -0.4 is 4.74 Å². The highest BCUT2D eigenvalue weighted by molar-refractivity contribution is 7.09. The van der Waals surface area contributed by atoms with Crippen molar-refractivity contribution in [3.63, 3.8) is 0 Å². The fourth-order valence-electron chi connectivity index (χ4n) is 1.58. The van der Waals surface area contributed by atoms with Gasteiger partial charge >= 0.3 is 0 Å². The Morgan fingerprint density at radius 1 is 1.50 bits per heavy atom. The Morgan fingerprint density at radius 3 is 3.00 bits per heavy atom. The van der Waals surface area contributed by atoms with Crippen LogP contribution in [0.4, 0.5) is 4.39 Å². The Hall–Kier alpha value is -1.75. The zero-order chi connectivity index (χ0) is 13.0. The largest absolute Gasteiger partial charge is 0.492 e. The molecular formula is C13H12FNO2S. The van der Waals surface area contributed by atoms with E-state index >= 15 is 0 Å². The third-order valence-corrected chi connectivity index (χ3v) is 3.56. The molecule has 2 aromatic rings. The van der Waals surface area contributed by atoms with Crippen LogP contribution in [0.1, 0.15) is 20.9 Å². The van der Waals surface area contributed by atoms with Gasteiger partial charge < -0.3 is 4.74 Å². The second kappa shape index (κ2) is 5.73. The molecule has 94 valence electrons. The van der Waals surface area contributed by atoms with E-state index in [2.05, 4.69) is 4.98 Å². The average molecular weight is 265 g/mol. The number of aldehydes is 1. The first-order chi connectivity index (χ1) is 8.72. The van der Waals surface area contributed by atoms with Crippen LogP contribution in [0.25, 0.3) is 0 Å². The summed E-state index contributed by atoms with van der Waals surface area (Å²) in [7, 11) is 0. The Labute approximate surface area is 108 Å². The van der Waals surface area contributed by atoms with Gasteiger partial charge in [0.1, 0.15) is 11.6 Å². The maximum absolute atomic E-state index is 13.3. The van der Waals surface area contributed by atoms with E-state index in [1.807, 2.05) is 6.92 Å². The first kappa shape index (κ1) is 12.7. The van der Waals surface area contributed by atoms with E-state index in [0.29, 0.717) is 19.3 Å². The number of aryl methyl sites for hydroxylation is 1. The van der Waals surface area contributed by atoms with E-state index < -0.39 is 5.82 Å². The van der Waals surface area contributed by atoms with Crippen molar-refractivity contribution in [2.45, 2.75) is 13.3 Å². The lowest BCUT2D eigenvalue weighted by Gasteiger charge is -2.08. The summed E-state index contributed by atoms with van der Waals surface area (Å²) in [6.45, 7) is 2.33. The van der Waals surface area contributed by atoms with Gasteiger partial charge in [-0.25, -0.2) is 9.37 Å². The van der Waals surface area contributed by atoms with Crippen LogP contribution in [-0.2, 0) is 6.42 Å². The normalized spacial score (nSPS) is 10.3. The summed E-state index contributed by atoms with van der Waals surface area (Å²) >= 11 is 1.56. The molecule has 0 radical (unpaired) electrons. The standard InChI is InChI=1S/C13H12FNO2S/c1-9-13(18-8-15-9)5-6-17-12-4-2-3-11(14)10(12)7-16/h2-4,7-8H,5-6H2,1H3. The molecular weight excluding hydrogens is 253 g/mol. The molecule has 1 heterocycles. The van der Waals surface area contributed by atoms with E-state index in [1.165, 1.54) is 12.1 Å². The molecule has 18 heavy (non-hydrogen) atoms. The number of hydrogen-bond donors (Lipinski definition) is 0. The first-order valence-corrected chi connectivity index (χ1v) is 6.36. The molecule has 0 unspecified atom stereocenters. The molecule has 0 amide bonds. The molecule has 0 saturated carbocycles. The molecule has 0 aliphatic heterocycles. The van der Waals surface area contributed by atoms with Crippen molar-refractivity contribution in [2.24, 2.45) is 0 Å². The van der Waals surface area contributed by atoms with Crippen molar-refractivity contribution < 1.29 is 13.9 Å². The number of rotatable bonds is 5. The van der Waals surface area contributed by atoms with Crippen molar-refractivity contribution in [3.05, 3.63) is 45.7 Å². The van der Waals surface area contributed by atoms with Gasteiger partial charge in [0.2, 0.25) is 0 Å². The number of carbonyl (C=O) groups excluding carboxylic acids is 1. The molecule has 0 saturated heterocycles. The summed E-state index contributed by atoms with van der Waals surface area (Å²) in [6.07, 6.45) is 1.17. The summed E-state index contributed by atoms with van der Waals surface area (Å²) in [6, 6.07) is 4.35. The second-order valence-electron chi connectivity index (χ2n) is 3.73. The zero-order valence-corrected chi connectivity index (χ0v) is 10.7. The van der Waals surface area contributed by atoms with Gasteiger partial charge in [-0.05, 0) is 19.1 Å². The minimum Gasteiger partial charge on any atom is -0.492 e. The SMILES string of the molecule is Cc1ncsc1CCOc1cccc(F)c1C=O. The van der Waals surface area contributed by atoms with Crippen molar-refractivity contribution in [3.8, 4) is 5.75 Å². The van der Waals surface area contributed by atoms with Gasteiger partial charge in [0.25, 0.3) is 0 Å². The highest BCUT2D eigenvalue weighted by atomic mass is 32.1. The monoisotopic (exact) mass is 265 g/mol.